The average Bonchev–Trinajstić information content (AvgIpc) is 2.71. The number of carbonyl (C=O) groups is 2. The number of nitrogens with one attached hydrogen (secondary N) is 1. The molecule has 0 aliphatic carbocycles. The van der Waals surface area contributed by atoms with Crippen molar-refractivity contribution in [2.45, 2.75) is 38.6 Å². The summed E-state index contributed by atoms with van der Waals surface area (Å²) in [6.45, 7) is 4.19. The van der Waals surface area contributed by atoms with E-state index in [1.165, 1.54) is 4.57 Å². The molecule has 2 aromatic rings. The normalized spacial score (nSPS) is 19.0. The Balaban J connectivity index is 2.18. The van der Waals surface area contributed by atoms with Crippen molar-refractivity contribution in [1.29, 1.82) is 0 Å². The van der Waals surface area contributed by atoms with Crippen LogP contribution in [0.4, 0.5) is 0 Å². The standard InChI is InChI=1S/C16H19N3O3/c1-9(2)10-4-5-11-13(8-10)18(3)16(22)19(11)12-6-7-14(20)17-15(12)21/h4-5,8-9,12H,6-7H2,1-3H3,(H,17,20,21)/t12-/m0/s1. The van der Waals surface area contributed by atoms with E-state index in [-0.39, 0.29) is 18.0 Å². The van der Waals surface area contributed by atoms with Gasteiger partial charge in [-0.3, -0.25) is 24.0 Å². The molecule has 3 rings (SSSR count). The van der Waals surface area contributed by atoms with Gasteiger partial charge < -0.3 is 0 Å². The lowest BCUT2D eigenvalue weighted by Gasteiger charge is -2.22. The van der Waals surface area contributed by atoms with E-state index in [4.69, 9.17) is 0 Å². The number of amides is 2. The van der Waals surface area contributed by atoms with Crippen molar-refractivity contribution in [3.05, 3.63) is 34.2 Å². The van der Waals surface area contributed by atoms with Gasteiger partial charge in [0.15, 0.2) is 0 Å². The third kappa shape index (κ3) is 2.15. The van der Waals surface area contributed by atoms with Crippen molar-refractivity contribution < 1.29 is 9.59 Å². The molecule has 1 N–H and O–H groups in total. The largest absolute Gasteiger partial charge is 0.329 e. The zero-order chi connectivity index (χ0) is 16.0. The van der Waals surface area contributed by atoms with Gasteiger partial charge in [-0.05, 0) is 30.0 Å². The summed E-state index contributed by atoms with van der Waals surface area (Å²) in [4.78, 5) is 35.9. The third-order valence-corrected chi connectivity index (χ3v) is 4.30. The van der Waals surface area contributed by atoms with Crippen LogP contribution in [-0.4, -0.2) is 20.9 Å². The van der Waals surface area contributed by atoms with Gasteiger partial charge in [0.2, 0.25) is 11.8 Å². The Hall–Kier alpha value is -2.37. The maximum Gasteiger partial charge on any atom is 0.329 e. The van der Waals surface area contributed by atoms with Crippen LogP contribution in [0, 0.1) is 0 Å². The molecular formula is C16H19N3O3. The number of imide groups is 1. The van der Waals surface area contributed by atoms with Crippen LogP contribution in [0.25, 0.3) is 11.0 Å². The second kappa shape index (κ2) is 5.12. The molecule has 0 bridgehead atoms. The molecule has 6 heteroatoms. The highest BCUT2D eigenvalue weighted by molar-refractivity contribution is 6.00. The van der Waals surface area contributed by atoms with Crippen LogP contribution in [0.2, 0.25) is 0 Å². The summed E-state index contributed by atoms with van der Waals surface area (Å²) in [5.41, 5.74) is 2.45. The van der Waals surface area contributed by atoms with E-state index >= 15 is 0 Å². The molecule has 1 fully saturated rings. The lowest BCUT2D eigenvalue weighted by Crippen LogP contribution is -2.44. The number of rotatable bonds is 2. The minimum atomic E-state index is -0.626. The first-order valence-corrected chi connectivity index (χ1v) is 7.44. The number of hydrogen-bond acceptors (Lipinski definition) is 3. The maximum absolute atomic E-state index is 12.6. The lowest BCUT2D eigenvalue weighted by molar-refractivity contribution is -0.135. The number of nitrogens with zero attached hydrogens (tertiary/aromatic N) is 2. The van der Waals surface area contributed by atoms with Crippen LogP contribution >= 0.6 is 0 Å². The van der Waals surface area contributed by atoms with Crippen molar-refractivity contribution in [2.75, 3.05) is 0 Å². The molecule has 1 atom stereocenters. The minimum Gasteiger partial charge on any atom is -0.295 e. The predicted molar refractivity (Wildman–Crippen MR) is 82.7 cm³/mol. The molecule has 0 spiro atoms. The molecule has 116 valence electrons. The number of aryl methyl sites for hydroxylation is 1. The van der Waals surface area contributed by atoms with Gasteiger partial charge >= 0.3 is 5.69 Å². The molecule has 0 unspecified atom stereocenters. The fraction of sp³-hybridized carbons (Fsp3) is 0.438. The van der Waals surface area contributed by atoms with Crippen LogP contribution in [-0.2, 0) is 16.6 Å². The van der Waals surface area contributed by atoms with Gasteiger partial charge in [0.1, 0.15) is 6.04 Å². The second-order valence-electron chi connectivity index (χ2n) is 6.08. The molecule has 22 heavy (non-hydrogen) atoms. The zero-order valence-corrected chi connectivity index (χ0v) is 12.9. The van der Waals surface area contributed by atoms with E-state index in [9.17, 15) is 14.4 Å². The fourth-order valence-corrected chi connectivity index (χ4v) is 2.97. The molecule has 1 aromatic heterocycles. The quantitative estimate of drug-likeness (QED) is 0.853. The maximum atomic E-state index is 12.6. The van der Waals surface area contributed by atoms with Gasteiger partial charge in [-0.1, -0.05) is 19.9 Å². The molecule has 2 amide bonds. The summed E-state index contributed by atoms with van der Waals surface area (Å²) in [5.74, 6) is -0.325. The van der Waals surface area contributed by atoms with Crippen molar-refractivity contribution in [1.82, 2.24) is 14.5 Å². The Labute approximate surface area is 127 Å². The monoisotopic (exact) mass is 301 g/mol. The summed E-state index contributed by atoms with van der Waals surface area (Å²) in [7, 11) is 1.71. The number of aromatic nitrogens is 2. The van der Waals surface area contributed by atoms with E-state index in [0.717, 1.165) is 16.6 Å². The second-order valence-corrected chi connectivity index (χ2v) is 6.08. The number of imidazole rings is 1. The van der Waals surface area contributed by atoms with E-state index in [2.05, 4.69) is 19.2 Å². The van der Waals surface area contributed by atoms with Crippen molar-refractivity contribution >= 4 is 22.8 Å². The van der Waals surface area contributed by atoms with Gasteiger partial charge in [0, 0.05) is 13.5 Å². The van der Waals surface area contributed by atoms with Crippen LogP contribution in [0.15, 0.2) is 23.0 Å². The van der Waals surface area contributed by atoms with Gasteiger partial charge in [-0.15, -0.1) is 0 Å². The summed E-state index contributed by atoms with van der Waals surface area (Å²) in [6, 6.07) is 5.23. The Kier molecular flexibility index (Phi) is 3.39. The van der Waals surface area contributed by atoms with Gasteiger partial charge in [0.25, 0.3) is 0 Å². The number of hydrogen-bond donors (Lipinski definition) is 1. The number of fused-ring (bicyclic) bond motifs is 1. The van der Waals surface area contributed by atoms with Crippen molar-refractivity contribution in [2.24, 2.45) is 7.05 Å². The highest BCUT2D eigenvalue weighted by Gasteiger charge is 2.31. The third-order valence-electron chi connectivity index (χ3n) is 4.30. The van der Waals surface area contributed by atoms with E-state index in [1.54, 1.807) is 11.6 Å². The van der Waals surface area contributed by atoms with Gasteiger partial charge in [-0.25, -0.2) is 4.79 Å². The number of benzene rings is 1. The van der Waals surface area contributed by atoms with Gasteiger partial charge in [-0.2, -0.15) is 0 Å². The zero-order valence-electron chi connectivity index (χ0n) is 12.9. The molecule has 1 aliphatic heterocycles. The molecular weight excluding hydrogens is 282 g/mol. The average molecular weight is 301 g/mol. The molecule has 1 saturated heterocycles. The molecule has 2 heterocycles. The number of piperidine rings is 1. The lowest BCUT2D eigenvalue weighted by atomic mass is 10.0. The SMILES string of the molecule is CC(C)c1ccc2c(c1)n(C)c(=O)n2[C@H]1CCC(=O)NC1=O. The molecule has 1 aliphatic rings. The first kappa shape index (κ1) is 14.6. The molecule has 0 saturated carbocycles. The first-order chi connectivity index (χ1) is 10.4. The predicted octanol–water partition coefficient (Wildman–Crippen LogP) is 1.44. The highest BCUT2D eigenvalue weighted by Crippen LogP contribution is 2.25. The summed E-state index contributed by atoms with van der Waals surface area (Å²) in [5, 5.41) is 2.31. The van der Waals surface area contributed by atoms with E-state index in [1.807, 2.05) is 18.2 Å². The molecule has 1 aromatic carbocycles. The summed E-state index contributed by atoms with van der Waals surface area (Å²) in [6.07, 6.45) is 0.610. The summed E-state index contributed by atoms with van der Waals surface area (Å²) < 4.78 is 3.06. The van der Waals surface area contributed by atoms with E-state index in [0.29, 0.717) is 12.3 Å². The smallest absolute Gasteiger partial charge is 0.295 e. The van der Waals surface area contributed by atoms with E-state index < -0.39 is 11.9 Å². The van der Waals surface area contributed by atoms with Crippen LogP contribution in [0.5, 0.6) is 0 Å². The van der Waals surface area contributed by atoms with Crippen LogP contribution < -0.4 is 11.0 Å². The van der Waals surface area contributed by atoms with Crippen LogP contribution in [0.1, 0.15) is 44.2 Å². The Morgan fingerprint density at radius 3 is 2.55 bits per heavy atom. The Morgan fingerprint density at radius 2 is 1.91 bits per heavy atom. The Bertz CT molecular complexity index is 829. The summed E-state index contributed by atoms with van der Waals surface area (Å²) >= 11 is 0. The van der Waals surface area contributed by atoms with Gasteiger partial charge in [0.05, 0.1) is 11.0 Å². The highest BCUT2D eigenvalue weighted by atomic mass is 16.2. The van der Waals surface area contributed by atoms with Crippen LogP contribution in [0.3, 0.4) is 0 Å². The van der Waals surface area contributed by atoms with Crippen molar-refractivity contribution in [3.8, 4) is 0 Å². The Morgan fingerprint density at radius 1 is 1.18 bits per heavy atom. The first-order valence-electron chi connectivity index (χ1n) is 7.44. The number of carbonyl (C=O) groups excluding carboxylic acids is 2. The topological polar surface area (TPSA) is 73.1 Å². The minimum absolute atomic E-state index is 0.231. The van der Waals surface area contributed by atoms with Crippen molar-refractivity contribution in [3.63, 3.8) is 0 Å². The molecule has 0 radical (unpaired) electrons. The molecule has 6 nitrogen and oxygen atoms in total. The fourth-order valence-electron chi connectivity index (χ4n) is 2.97.